The Labute approximate surface area is 100 Å². The summed E-state index contributed by atoms with van der Waals surface area (Å²) in [4.78, 5) is 3.89. The molecule has 1 N–H and O–H groups in total. The number of aliphatic hydroxyl groups is 1. The molecule has 0 aliphatic carbocycles. The normalized spacial score (nSPS) is 10.9. The van der Waals surface area contributed by atoms with E-state index in [1.54, 1.807) is 11.8 Å². The first-order valence-corrected chi connectivity index (χ1v) is 5.50. The third-order valence-electron chi connectivity index (χ3n) is 2.09. The molecular weight excluding hydrogens is 226 g/mol. The quantitative estimate of drug-likeness (QED) is 0.557. The molecule has 98 valence electrons. The molecule has 0 saturated heterocycles. The maximum Gasteiger partial charge on any atom is 0.152 e. The van der Waals surface area contributed by atoms with Crippen molar-refractivity contribution in [3.63, 3.8) is 0 Å². The molecule has 1 aromatic rings. The number of hydrogen-bond donors (Lipinski definition) is 1. The van der Waals surface area contributed by atoms with E-state index in [4.69, 9.17) is 19.3 Å². The summed E-state index contributed by atoms with van der Waals surface area (Å²) >= 11 is 0. The molecule has 0 amide bonds. The molecule has 0 spiro atoms. The first-order valence-electron chi connectivity index (χ1n) is 5.50. The zero-order chi connectivity index (χ0) is 12.3. The van der Waals surface area contributed by atoms with E-state index in [-0.39, 0.29) is 6.61 Å². The summed E-state index contributed by atoms with van der Waals surface area (Å²) in [6, 6.07) is 0. The number of methoxy groups -OCH3 is 1. The summed E-state index contributed by atoms with van der Waals surface area (Å²) < 4.78 is 17.0. The summed E-state index contributed by atoms with van der Waals surface area (Å²) in [5.41, 5.74) is 0. The van der Waals surface area contributed by atoms with Crippen molar-refractivity contribution in [2.75, 3.05) is 40.1 Å². The molecule has 1 aromatic heterocycles. The molecule has 0 bridgehead atoms. The highest BCUT2D eigenvalue weighted by atomic mass is 16.5. The van der Waals surface area contributed by atoms with Crippen LogP contribution in [0.4, 0.5) is 0 Å². The molecule has 7 heteroatoms. The van der Waals surface area contributed by atoms with Gasteiger partial charge in [-0.1, -0.05) is 0 Å². The molecule has 0 aliphatic heterocycles. The van der Waals surface area contributed by atoms with Crippen molar-refractivity contribution in [3.05, 3.63) is 12.2 Å². The first-order chi connectivity index (χ1) is 8.38. The SMILES string of the molecule is COCCOCCOCCn1ncnc1CO. The Morgan fingerprint density at radius 1 is 1.18 bits per heavy atom. The van der Waals surface area contributed by atoms with Gasteiger partial charge >= 0.3 is 0 Å². The van der Waals surface area contributed by atoms with Crippen LogP contribution in [0.2, 0.25) is 0 Å². The molecule has 0 unspecified atom stereocenters. The van der Waals surface area contributed by atoms with Gasteiger partial charge in [0.25, 0.3) is 0 Å². The van der Waals surface area contributed by atoms with Crippen LogP contribution in [-0.4, -0.2) is 60.0 Å². The van der Waals surface area contributed by atoms with Gasteiger partial charge in [-0.05, 0) is 0 Å². The van der Waals surface area contributed by atoms with Gasteiger partial charge in [0.2, 0.25) is 0 Å². The van der Waals surface area contributed by atoms with Crippen molar-refractivity contribution in [2.24, 2.45) is 0 Å². The third kappa shape index (κ3) is 5.73. The molecule has 17 heavy (non-hydrogen) atoms. The molecule has 1 rings (SSSR count). The smallest absolute Gasteiger partial charge is 0.152 e. The van der Waals surface area contributed by atoms with Crippen molar-refractivity contribution in [2.45, 2.75) is 13.2 Å². The van der Waals surface area contributed by atoms with Gasteiger partial charge in [-0.15, -0.1) is 0 Å². The topological polar surface area (TPSA) is 78.6 Å². The van der Waals surface area contributed by atoms with E-state index in [9.17, 15) is 0 Å². The van der Waals surface area contributed by atoms with Gasteiger partial charge in [0.1, 0.15) is 12.9 Å². The Morgan fingerprint density at radius 3 is 2.59 bits per heavy atom. The molecular formula is C10H19N3O4. The Balaban J connectivity index is 1.97. The summed E-state index contributed by atoms with van der Waals surface area (Å²) in [5.74, 6) is 0.546. The lowest BCUT2D eigenvalue weighted by molar-refractivity contribution is 0.0222. The zero-order valence-corrected chi connectivity index (χ0v) is 10.0. The molecule has 0 radical (unpaired) electrons. The highest BCUT2D eigenvalue weighted by Gasteiger charge is 2.01. The van der Waals surface area contributed by atoms with Gasteiger partial charge in [0.15, 0.2) is 5.82 Å². The number of aromatic nitrogens is 3. The predicted octanol–water partition coefficient (Wildman–Crippen LogP) is -0.550. The van der Waals surface area contributed by atoms with Crippen LogP contribution in [0.15, 0.2) is 6.33 Å². The van der Waals surface area contributed by atoms with Crippen LogP contribution in [0.25, 0.3) is 0 Å². The molecule has 7 nitrogen and oxygen atoms in total. The van der Waals surface area contributed by atoms with Gasteiger partial charge in [-0.25, -0.2) is 9.67 Å². The lowest BCUT2D eigenvalue weighted by atomic mass is 10.6. The van der Waals surface area contributed by atoms with Gasteiger partial charge in [-0.3, -0.25) is 0 Å². The Hall–Kier alpha value is -1.02. The minimum absolute atomic E-state index is 0.111. The number of ether oxygens (including phenoxy) is 3. The lowest BCUT2D eigenvalue weighted by Crippen LogP contribution is -2.14. The van der Waals surface area contributed by atoms with Crippen molar-refractivity contribution in [1.82, 2.24) is 14.8 Å². The zero-order valence-electron chi connectivity index (χ0n) is 10.0. The van der Waals surface area contributed by atoms with E-state index in [1.807, 2.05) is 0 Å². The molecule has 0 aliphatic rings. The van der Waals surface area contributed by atoms with Crippen molar-refractivity contribution in [1.29, 1.82) is 0 Å². The molecule has 0 saturated carbocycles. The Morgan fingerprint density at radius 2 is 1.88 bits per heavy atom. The van der Waals surface area contributed by atoms with E-state index < -0.39 is 0 Å². The van der Waals surface area contributed by atoms with E-state index in [1.165, 1.54) is 6.33 Å². The predicted molar refractivity (Wildman–Crippen MR) is 59.5 cm³/mol. The highest BCUT2D eigenvalue weighted by Crippen LogP contribution is 1.93. The lowest BCUT2D eigenvalue weighted by Gasteiger charge is -2.06. The first kappa shape index (κ1) is 14.0. The second-order valence-electron chi connectivity index (χ2n) is 3.28. The summed E-state index contributed by atoms with van der Waals surface area (Å²) in [6.45, 7) is 3.24. The number of aliphatic hydroxyl groups excluding tert-OH is 1. The molecule has 1 heterocycles. The number of nitrogens with zero attached hydrogens (tertiary/aromatic N) is 3. The van der Waals surface area contributed by atoms with Crippen molar-refractivity contribution < 1.29 is 19.3 Å². The van der Waals surface area contributed by atoms with Gasteiger partial charge < -0.3 is 19.3 Å². The monoisotopic (exact) mass is 245 g/mol. The minimum atomic E-state index is -0.111. The van der Waals surface area contributed by atoms with Crippen LogP contribution in [0.1, 0.15) is 5.82 Å². The summed E-state index contributed by atoms with van der Waals surface area (Å²) in [5, 5.41) is 12.9. The fraction of sp³-hybridized carbons (Fsp3) is 0.800. The Kier molecular flexibility index (Phi) is 7.48. The standard InChI is InChI=1S/C10H19N3O4/c1-15-4-5-17-7-6-16-3-2-13-10(8-14)11-9-12-13/h9,14H,2-8H2,1H3. The average molecular weight is 245 g/mol. The van der Waals surface area contributed by atoms with E-state index in [2.05, 4.69) is 10.1 Å². The van der Waals surface area contributed by atoms with E-state index in [0.29, 0.717) is 45.4 Å². The van der Waals surface area contributed by atoms with Gasteiger partial charge in [-0.2, -0.15) is 5.10 Å². The fourth-order valence-corrected chi connectivity index (χ4v) is 1.21. The summed E-state index contributed by atoms with van der Waals surface area (Å²) in [7, 11) is 1.64. The molecule has 0 fully saturated rings. The maximum atomic E-state index is 8.93. The number of rotatable bonds is 10. The minimum Gasteiger partial charge on any atom is -0.388 e. The van der Waals surface area contributed by atoms with Crippen LogP contribution in [0, 0.1) is 0 Å². The second kappa shape index (κ2) is 9.06. The molecule has 0 aromatic carbocycles. The van der Waals surface area contributed by atoms with Gasteiger partial charge in [0, 0.05) is 7.11 Å². The average Bonchev–Trinajstić information content (AvgIpc) is 2.80. The number of hydrogen-bond acceptors (Lipinski definition) is 6. The van der Waals surface area contributed by atoms with Crippen LogP contribution < -0.4 is 0 Å². The van der Waals surface area contributed by atoms with Crippen molar-refractivity contribution in [3.8, 4) is 0 Å². The van der Waals surface area contributed by atoms with Crippen LogP contribution in [0.5, 0.6) is 0 Å². The van der Waals surface area contributed by atoms with E-state index in [0.717, 1.165) is 0 Å². The van der Waals surface area contributed by atoms with Crippen LogP contribution >= 0.6 is 0 Å². The van der Waals surface area contributed by atoms with Gasteiger partial charge in [0.05, 0.1) is 39.6 Å². The fourth-order valence-electron chi connectivity index (χ4n) is 1.21. The maximum absolute atomic E-state index is 8.93. The second-order valence-corrected chi connectivity index (χ2v) is 3.28. The molecule has 0 atom stereocenters. The third-order valence-corrected chi connectivity index (χ3v) is 2.09. The van der Waals surface area contributed by atoms with Crippen LogP contribution in [-0.2, 0) is 27.4 Å². The summed E-state index contributed by atoms with van der Waals surface area (Å²) in [6.07, 6.45) is 1.42. The largest absolute Gasteiger partial charge is 0.388 e. The Bertz CT molecular complexity index is 293. The van der Waals surface area contributed by atoms with Crippen LogP contribution in [0.3, 0.4) is 0 Å². The van der Waals surface area contributed by atoms with Crippen molar-refractivity contribution >= 4 is 0 Å². The van der Waals surface area contributed by atoms with E-state index >= 15 is 0 Å². The highest BCUT2D eigenvalue weighted by molar-refractivity contribution is 4.80.